The Morgan fingerprint density at radius 2 is 1.72 bits per heavy atom. The van der Waals surface area contributed by atoms with Crippen molar-refractivity contribution in [3.05, 3.63) is 29.8 Å². The van der Waals surface area contributed by atoms with E-state index in [-0.39, 0.29) is 0 Å². The summed E-state index contributed by atoms with van der Waals surface area (Å²) in [6, 6.07) is 7.39. The van der Waals surface area contributed by atoms with Crippen molar-refractivity contribution in [2.75, 3.05) is 6.54 Å². The zero-order valence-corrected chi connectivity index (χ0v) is 12.4. The summed E-state index contributed by atoms with van der Waals surface area (Å²) in [7, 11) is -3.22. The third kappa shape index (κ3) is 3.82. The van der Waals surface area contributed by atoms with Crippen molar-refractivity contribution < 1.29 is 8.42 Å². The van der Waals surface area contributed by atoms with Crippen LogP contribution in [0.3, 0.4) is 0 Å². The molecule has 102 valence electrons. The van der Waals surface area contributed by atoms with E-state index in [1.807, 2.05) is 19.1 Å². The summed E-state index contributed by atoms with van der Waals surface area (Å²) in [5.41, 5.74) is 1.07. The van der Waals surface area contributed by atoms with E-state index in [2.05, 4.69) is 19.2 Å². The molecule has 0 aromatic heterocycles. The van der Waals surface area contributed by atoms with Gasteiger partial charge in [0.05, 0.1) is 10.1 Å². The fourth-order valence-corrected chi connectivity index (χ4v) is 2.88. The third-order valence-electron chi connectivity index (χ3n) is 3.25. The molecule has 4 heteroatoms. The maximum Gasteiger partial charge on any atom is 0.182 e. The lowest BCUT2D eigenvalue weighted by atomic mass is 10.2. The largest absolute Gasteiger partial charge is 0.313 e. The second kappa shape index (κ2) is 6.34. The van der Waals surface area contributed by atoms with Crippen LogP contribution in [0.4, 0.5) is 0 Å². The molecule has 3 nitrogen and oxygen atoms in total. The first-order valence-corrected chi connectivity index (χ1v) is 7.96. The molecule has 2 unspecified atom stereocenters. The van der Waals surface area contributed by atoms with Gasteiger partial charge in [-0.05, 0) is 39.3 Å². The Hall–Kier alpha value is -0.870. The highest BCUT2D eigenvalue weighted by Crippen LogP contribution is 2.16. The fraction of sp³-hybridized carbons (Fsp3) is 0.571. The zero-order chi connectivity index (χ0) is 13.8. The molecule has 0 aliphatic heterocycles. The standard InChI is InChI=1S/C14H23NO2S/c1-5-12(3)15-10-13(4)18(16,17)14-8-6-11(2)7-9-14/h6-9,12-13,15H,5,10H2,1-4H3. The Morgan fingerprint density at radius 3 is 2.22 bits per heavy atom. The van der Waals surface area contributed by atoms with E-state index in [9.17, 15) is 8.42 Å². The summed E-state index contributed by atoms with van der Waals surface area (Å²) in [6.07, 6.45) is 0.997. The lowest BCUT2D eigenvalue weighted by molar-refractivity contribution is 0.520. The summed E-state index contributed by atoms with van der Waals surface area (Å²) in [4.78, 5) is 0.409. The van der Waals surface area contributed by atoms with Crippen LogP contribution in [-0.4, -0.2) is 26.3 Å². The van der Waals surface area contributed by atoms with Crippen LogP contribution in [0.2, 0.25) is 0 Å². The molecule has 0 heterocycles. The van der Waals surface area contributed by atoms with Crippen molar-refractivity contribution in [3.8, 4) is 0 Å². The van der Waals surface area contributed by atoms with E-state index in [1.54, 1.807) is 19.1 Å². The summed E-state index contributed by atoms with van der Waals surface area (Å²) in [5.74, 6) is 0. The number of hydrogen-bond acceptors (Lipinski definition) is 3. The van der Waals surface area contributed by atoms with Crippen molar-refractivity contribution in [3.63, 3.8) is 0 Å². The highest BCUT2D eigenvalue weighted by Gasteiger charge is 2.23. The van der Waals surface area contributed by atoms with Crippen molar-refractivity contribution in [2.24, 2.45) is 0 Å². The average Bonchev–Trinajstić information content (AvgIpc) is 2.35. The van der Waals surface area contributed by atoms with Crippen molar-refractivity contribution in [2.45, 2.75) is 50.3 Å². The lowest BCUT2D eigenvalue weighted by Gasteiger charge is -2.17. The van der Waals surface area contributed by atoms with Crippen LogP contribution in [0.25, 0.3) is 0 Å². The molecule has 0 saturated carbocycles. The second-order valence-electron chi connectivity index (χ2n) is 4.89. The Morgan fingerprint density at radius 1 is 1.17 bits per heavy atom. The molecule has 1 aromatic carbocycles. The molecule has 1 rings (SSSR count). The Balaban J connectivity index is 2.77. The monoisotopic (exact) mass is 269 g/mol. The molecular weight excluding hydrogens is 246 g/mol. The molecule has 18 heavy (non-hydrogen) atoms. The van der Waals surface area contributed by atoms with Gasteiger partial charge in [-0.15, -0.1) is 0 Å². The fourth-order valence-electron chi connectivity index (χ4n) is 1.58. The number of rotatable bonds is 6. The normalized spacial score (nSPS) is 15.3. The van der Waals surface area contributed by atoms with E-state index in [4.69, 9.17) is 0 Å². The van der Waals surface area contributed by atoms with Gasteiger partial charge in [-0.1, -0.05) is 24.6 Å². The van der Waals surface area contributed by atoms with Crippen LogP contribution < -0.4 is 5.32 Å². The Bertz CT molecular complexity index is 465. The molecule has 0 bridgehead atoms. The van der Waals surface area contributed by atoms with Gasteiger partial charge < -0.3 is 5.32 Å². The third-order valence-corrected chi connectivity index (χ3v) is 5.40. The lowest BCUT2D eigenvalue weighted by Crippen LogP contribution is -2.36. The Kier molecular flexibility index (Phi) is 5.35. The Labute approximate surface area is 111 Å². The summed E-state index contributed by atoms with van der Waals surface area (Å²) in [5, 5.41) is 2.83. The summed E-state index contributed by atoms with van der Waals surface area (Å²) < 4.78 is 24.6. The van der Waals surface area contributed by atoms with Gasteiger partial charge in [-0.2, -0.15) is 0 Å². The second-order valence-corrected chi connectivity index (χ2v) is 7.25. The number of aryl methyl sites for hydroxylation is 1. The van der Waals surface area contributed by atoms with Crippen molar-refractivity contribution >= 4 is 9.84 Å². The first-order chi connectivity index (χ1) is 8.37. The van der Waals surface area contributed by atoms with E-state index in [0.717, 1.165) is 12.0 Å². The highest BCUT2D eigenvalue weighted by atomic mass is 32.2. The van der Waals surface area contributed by atoms with Gasteiger partial charge in [0.25, 0.3) is 0 Å². The van der Waals surface area contributed by atoms with Crippen molar-refractivity contribution in [1.29, 1.82) is 0 Å². The van der Waals surface area contributed by atoms with E-state index < -0.39 is 15.1 Å². The zero-order valence-electron chi connectivity index (χ0n) is 11.6. The quantitative estimate of drug-likeness (QED) is 0.863. The van der Waals surface area contributed by atoms with Gasteiger partial charge >= 0.3 is 0 Å². The van der Waals surface area contributed by atoms with Gasteiger partial charge in [-0.25, -0.2) is 8.42 Å². The molecule has 0 amide bonds. The predicted molar refractivity (Wildman–Crippen MR) is 75.6 cm³/mol. The number of sulfone groups is 1. The minimum atomic E-state index is -3.22. The van der Waals surface area contributed by atoms with Crippen LogP contribution in [0.1, 0.15) is 32.8 Å². The topological polar surface area (TPSA) is 46.2 Å². The van der Waals surface area contributed by atoms with E-state index in [1.165, 1.54) is 0 Å². The molecule has 0 aliphatic carbocycles. The first-order valence-electron chi connectivity index (χ1n) is 6.42. The molecule has 0 fully saturated rings. The number of nitrogens with one attached hydrogen (secondary N) is 1. The predicted octanol–water partition coefficient (Wildman–Crippen LogP) is 2.55. The SMILES string of the molecule is CCC(C)NCC(C)S(=O)(=O)c1ccc(C)cc1. The van der Waals surface area contributed by atoms with Crippen molar-refractivity contribution in [1.82, 2.24) is 5.32 Å². The van der Waals surface area contributed by atoms with Gasteiger partial charge in [0.1, 0.15) is 0 Å². The average molecular weight is 269 g/mol. The van der Waals surface area contributed by atoms with Crippen LogP contribution >= 0.6 is 0 Å². The minimum Gasteiger partial charge on any atom is -0.313 e. The minimum absolute atomic E-state index is 0.348. The molecule has 1 N–H and O–H groups in total. The molecular formula is C14H23NO2S. The molecule has 0 aliphatic rings. The molecule has 0 saturated heterocycles. The van der Waals surface area contributed by atoms with Gasteiger partial charge in [0.15, 0.2) is 9.84 Å². The number of benzene rings is 1. The maximum atomic E-state index is 12.3. The summed E-state index contributed by atoms with van der Waals surface area (Å²) in [6.45, 7) is 8.34. The smallest absolute Gasteiger partial charge is 0.182 e. The van der Waals surface area contributed by atoms with Crippen LogP contribution in [0.5, 0.6) is 0 Å². The highest BCUT2D eigenvalue weighted by molar-refractivity contribution is 7.92. The molecule has 0 spiro atoms. The van der Waals surface area contributed by atoms with Crippen LogP contribution in [0.15, 0.2) is 29.2 Å². The molecule has 1 aromatic rings. The van der Waals surface area contributed by atoms with Gasteiger partial charge in [0, 0.05) is 12.6 Å². The van der Waals surface area contributed by atoms with Crippen LogP contribution in [-0.2, 0) is 9.84 Å². The van der Waals surface area contributed by atoms with E-state index >= 15 is 0 Å². The first kappa shape index (κ1) is 15.2. The van der Waals surface area contributed by atoms with Gasteiger partial charge in [0.2, 0.25) is 0 Å². The van der Waals surface area contributed by atoms with E-state index in [0.29, 0.717) is 17.5 Å². The molecule has 2 atom stereocenters. The number of hydrogen-bond donors (Lipinski definition) is 1. The summed E-state index contributed by atoms with van der Waals surface area (Å²) >= 11 is 0. The van der Waals surface area contributed by atoms with Gasteiger partial charge in [-0.3, -0.25) is 0 Å². The molecule has 0 radical (unpaired) electrons. The maximum absolute atomic E-state index is 12.3. The van der Waals surface area contributed by atoms with Crippen LogP contribution in [0, 0.1) is 6.92 Å².